The molecule has 0 atom stereocenters. The molecule has 0 aromatic heterocycles. The summed E-state index contributed by atoms with van der Waals surface area (Å²) in [7, 11) is 0. The van der Waals surface area contributed by atoms with Crippen LogP contribution in [0.1, 0.15) is 18.9 Å². The minimum Gasteiger partial charge on any atom is -0.396 e. The van der Waals surface area contributed by atoms with E-state index in [1.807, 2.05) is 17.0 Å². The second-order valence-corrected chi connectivity index (χ2v) is 3.56. The summed E-state index contributed by atoms with van der Waals surface area (Å²) in [6.45, 7) is 3.50. The number of benzene rings is 1. The molecule has 0 aliphatic carbocycles. The molecule has 0 amide bonds. The van der Waals surface area contributed by atoms with E-state index < -0.39 is 0 Å². The Bertz CT molecular complexity index is 378. The molecule has 0 spiro atoms. The number of nitrogen functional groups attached to an aromatic ring is 1. The Morgan fingerprint density at radius 1 is 1.44 bits per heavy atom. The van der Waals surface area contributed by atoms with Gasteiger partial charge in [-0.2, -0.15) is 5.26 Å². The predicted molar refractivity (Wildman–Crippen MR) is 65.2 cm³/mol. The fourth-order valence-electron chi connectivity index (χ4n) is 1.67. The zero-order valence-electron chi connectivity index (χ0n) is 9.48. The molecule has 0 aliphatic rings. The number of para-hydroxylation sites is 1. The second-order valence-electron chi connectivity index (χ2n) is 3.56. The van der Waals surface area contributed by atoms with Crippen molar-refractivity contribution in [3.63, 3.8) is 0 Å². The standard InChI is InChI=1S/C12H17N3O/c1-2-6-15(7-8-16)11-5-3-4-10(9-13)12(11)14/h3-5,16H,2,6-8,14H2,1H3. The van der Waals surface area contributed by atoms with Gasteiger partial charge in [0.2, 0.25) is 0 Å². The minimum atomic E-state index is 0.0796. The SMILES string of the molecule is CCCN(CCO)c1cccc(C#N)c1N. The normalized spacial score (nSPS) is 9.81. The third kappa shape index (κ3) is 2.65. The van der Waals surface area contributed by atoms with Gasteiger partial charge in [0.15, 0.2) is 0 Å². The number of hydrogen-bond donors (Lipinski definition) is 2. The maximum Gasteiger partial charge on any atom is 0.101 e. The van der Waals surface area contributed by atoms with Crippen molar-refractivity contribution in [1.82, 2.24) is 0 Å². The largest absolute Gasteiger partial charge is 0.396 e. The summed E-state index contributed by atoms with van der Waals surface area (Å²) in [5.41, 5.74) is 7.71. The smallest absolute Gasteiger partial charge is 0.101 e. The molecule has 1 aromatic carbocycles. The lowest BCUT2D eigenvalue weighted by Crippen LogP contribution is -2.28. The summed E-state index contributed by atoms with van der Waals surface area (Å²) < 4.78 is 0. The minimum absolute atomic E-state index is 0.0796. The van der Waals surface area contributed by atoms with E-state index >= 15 is 0 Å². The molecular formula is C12H17N3O. The van der Waals surface area contributed by atoms with Gasteiger partial charge in [-0.05, 0) is 18.6 Å². The van der Waals surface area contributed by atoms with Crippen LogP contribution in [0, 0.1) is 11.3 Å². The molecule has 3 N–H and O–H groups in total. The van der Waals surface area contributed by atoms with E-state index in [1.165, 1.54) is 0 Å². The molecule has 4 heteroatoms. The lowest BCUT2D eigenvalue weighted by atomic mass is 10.1. The maximum absolute atomic E-state index is 8.99. The van der Waals surface area contributed by atoms with E-state index in [2.05, 4.69) is 13.0 Å². The number of aliphatic hydroxyl groups excluding tert-OH is 1. The van der Waals surface area contributed by atoms with Crippen LogP contribution < -0.4 is 10.6 Å². The van der Waals surface area contributed by atoms with E-state index in [1.54, 1.807) is 6.07 Å². The van der Waals surface area contributed by atoms with Crippen molar-refractivity contribution in [1.29, 1.82) is 5.26 Å². The fourth-order valence-corrected chi connectivity index (χ4v) is 1.67. The zero-order valence-corrected chi connectivity index (χ0v) is 9.48. The molecule has 0 bridgehead atoms. The predicted octanol–water partition coefficient (Wildman–Crippen LogP) is 1.35. The van der Waals surface area contributed by atoms with Gasteiger partial charge >= 0.3 is 0 Å². The maximum atomic E-state index is 8.99. The highest BCUT2D eigenvalue weighted by Gasteiger charge is 2.10. The van der Waals surface area contributed by atoms with Gasteiger partial charge < -0.3 is 15.7 Å². The summed E-state index contributed by atoms with van der Waals surface area (Å²) in [4.78, 5) is 2.00. The Kier molecular flexibility index (Phi) is 4.62. The fraction of sp³-hybridized carbons (Fsp3) is 0.417. The highest BCUT2D eigenvalue weighted by atomic mass is 16.3. The van der Waals surface area contributed by atoms with Gasteiger partial charge in [-0.15, -0.1) is 0 Å². The number of nitrogens with two attached hydrogens (primary N) is 1. The molecule has 0 radical (unpaired) electrons. The third-order valence-corrected chi connectivity index (χ3v) is 2.41. The molecule has 86 valence electrons. The molecule has 1 aromatic rings. The summed E-state index contributed by atoms with van der Waals surface area (Å²) in [5.74, 6) is 0. The van der Waals surface area contributed by atoms with Gasteiger partial charge in [-0.25, -0.2) is 0 Å². The van der Waals surface area contributed by atoms with Crippen LogP contribution in [-0.4, -0.2) is 24.8 Å². The van der Waals surface area contributed by atoms with Crippen molar-refractivity contribution in [3.05, 3.63) is 23.8 Å². The van der Waals surface area contributed by atoms with E-state index in [4.69, 9.17) is 16.1 Å². The average molecular weight is 219 g/mol. The number of hydrogen-bond acceptors (Lipinski definition) is 4. The molecule has 0 saturated heterocycles. The molecule has 0 unspecified atom stereocenters. The Labute approximate surface area is 95.9 Å². The van der Waals surface area contributed by atoms with Gasteiger partial charge in [-0.1, -0.05) is 13.0 Å². The lowest BCUT2D eigenvalue weighted by molar-refractivity contribution is 0.302. The average Bonchev–Trinajstić information content (AvgIpc) is 2.29. The Morgan fingerprint density at radius 3 is 2.75 bits per heavy atom. The summed E-state index contributed by atoms with van der Waals surface area (Å²) in [5, 5.41) is 17.9. The van der Waals surface area contributed by atoms with Crippen molar-refractivity contribution in [2.75, 3.05) is 30.3 Å². The van der Waals surface area contributed by atoms with Crippen LogP contribution in [0.25, 0.3) is 0 Å². The number of rotatable bonds is 5. The van der Waals surface area contributed by atoms with E-state index in [9.17, 15) is 0 Å². The second kappa shape index (κ2) is 5.99. The molecule has 0 saturated carbocycles. The number of nitriles is 1. The molecule has 4 nitrogen and oxygen atoms in total. The zero-order chi connectivity index (χ0) is 12.0. The molecule has 1 rings (SSSR count). The van der Waals surface area contributed by atoms with Gasteiger partial charge in [0, 0.05) is 13.1 Å². The van der Waals surface area contributed by atoms with Gasteiger partial charge in [-0.3, -0.25) is 0 Å². The first kappa shape index (κ1) is 12.3. The first-order valence-corrected chi connectivity index (χ1v) is 5.39. The quantitative estimate of drug-likeness (QED) is 0.733. The molecule has 16 heavy (non-hydrogen) atoms. The van der Waals surface area contributed by atoms with Crippen LogP contribution in [-0.2, 0) is 0 Å². The first-order valence-electron chi connectivity index (χ1n) is 5.39. The van der Waals surface area contributed by atoms with Crippen molar-refractivity contribution in [2.24, 2.45) is 0 Å². The van der Waals surface area contributed by atoms with Crippen LogP contribution in [0.3, 0.4) is 0 Å². The van der Waals surface area contributed by atoms with Gasteiger partial charge in [0.1, 0.15) is 6.07 Å². The van der Waals surface area contributed by atoms with Crippen LogP contribution >= 0.6 is 0 Å². The summed E-state index contributed by atoms with van der Waals surface area (Å²) >= 11 is 0. The summed E-state index contributed by atoms with van der Waals surface area (Å²) in [6.07, 6.45) is 0.968. The number of nitrogens with zero attached hydrogens (tertiary/aromatic N) is 2. The van der Waals surface area contributed by atoms with E-state index in [0.29, 0.717) is 17.8 Å². The van der Waals surface area contributed by atoms with Crippen molar-refractivity contribution >= 4 is 11.4 Å². The van der Waals surface area contributed by atoms with E-state index in [0.717, 1.165) is 18.7 Å². The van der Waals surface area contributed by atoms with Gasteiger partial charge in [0.05, 0.1) is 23.5 Å². The first-order chi connectivity index (χ1) is 7.74. The highest BCUT2D eigenvalue weighted by molar-refractivity contribution is 5.73. The highest BCUT2D eigenvalue weighted by Crippen LogP contribution is 2.26. The third-order valence-electron chi connectivity index (χ3n) is 2.41. The van der Waals surface area contributed by atoms with Crippen molar-refractivity contribution < 1.29 is 5.11 Å². The number of anilines is 2. The monoisotopic (exact) mass is 219 g/mol. The Morgan fingerprint density at radius 2 is 2.19 bits per heavy atom. The van der Waals surface area contributed by atoms with Crippen molar-refractivity contribution in [3.8, 4) is 6.07 Å². The van der Waals surface area contributed by atoms with Crippen LogP contribution in [0.5, 0.6) is 0 Å². The van der Waals surface area contributed by atoms with Crippen molar-refractivity contribution in [2.45, 2.75) is 13.3 Å². The molecule has 0 aliphatic heterocycles. The molecule has 0 fully saturated rings. The molecule has 0 heterocycles. The molecular weight excluding hydrogens is 202 g/mol. The topological polar surface area (TPSA) is 73.3 Å². The Balaban J connectivity index is 3.04. The number of aliphatic hydroxyl groups is 1. The van der Waals surface area contributed by atoms with Crippen LogP contribution in [0.15, 0.2) is 18.2 Å². The van der Waals surface area contributed by atoms with E-state index in [-0.39, 0.29) is 6.61 Å². The summed E-state index contributed by atoms with van der Waals surface area (Å²) in [6, 6.07) is 7.44. The van der Waals surface area contributed by atoms with Crippen LogP contribution in [0.4, 0.5) is 11.4 Å². The van der Waals surface area contributed by atoms with Crippen LogP contribution in [0.2, 0.25) is 0 Å². The van der Waals surface area contributed by atoms with Gasteiger partial charge in [0.25, 0.3) is 0 Å². The lowest BCUT2D eigenvalue weighted by Gasteiger charge is -2.25. The Hall–Kier alpha value is -1.73.